The standard InChI is InChI=1S/C33H27N3O5/c34-30(38)25-27-31(39)41-28(20-11-5-2-6-12-20)26(19-9-3-1-4-10-19)36(27)29(21-15-17-22(37)18-16-21)33(25)23-13-7-8-14-24(23)35-32(33)40/h1-18,25-29,37H,(H2,34,38)(H,35,40)/t25-,26-,27-,28+,29+,33-/m1/s1. The number of phenolic OH excluding ortho intramolecular Hbond substituents is 1. The van der Waals surface area contributed by atoms with E-state index < -0.39 is 53.3 Å². The first-order valence-corrected chi connectivity index (χ1v) is 13.5. The molecule has 0 saturated carbocycles. The number of primary amides is 1. The summed E-state index contributed by atoms with van der Waals surface area (Å²) in [4.78, 5) is 43.9. The number of hydrogen-bond acceptors (Lipinski definition) is 6. The average molecular weight is 546 g/mol. The third kappa shape index (κ3) is 3.54. The molecule has 0 radical (unpaired) electrons. The quantitative estimate of drug-likeness (QED) is 0.331. The van der Waals surface area contributed by atoms with Gasteiger partial charge >= 0.3 is 5.97 Å². The Kier molecular flexibility index (Phi) is 5.69. The summed E-state index contributed by atoms with van der Waals surface area (Å²) in [5.41, 5.74) is 8.06. The first-order valence-electron chi connectivity index (χ1n) is 13.5. The zero-order chi connectivity index (χ0) is 28.3. The van der Waals surface area contributed by atoms with Gasteiger partial charge in [0.1, 0.15) is 23.3 Å². The zero-order valence-corrected chi connectivity index (χ0v) is 21.9. The fourth-order valence-electron chi connectivity index (χ4n) is 7.24. The van der Waals surface area contributed by atoms with Gasteiger partial charge in [-0.25, -0.2) is 0 Å². The Bertz CT molecular complexity index is 1660. The van der Waals surface area contributed by atoms with Crippen molar-refractivity contribution in [2.75, 3.05) is 5.32 Å². The van der Waals surface area contributed by atoms with Crippen LogP contribution in [0.3, 0.4) is 0 Å². The van der Waals surface area contributed by atoms with Crippen molar-refractivity contribution in [3.05, 3.63) is 131 Å². The van der Waals surface area contributed by atoms with E-state index >= 15 is 0 Å². The Balaban J connectivity index is 1.56. The van der Waals surface area contributed by atoms with E-state index in [0.717, 1.165) is 11.1 Å². The van der Waals surface area contributed by atoms with Crippen molar-refractivity contribution in [3.63, 3.8) is 0 Å². The molecule has 3 heterocycles. The molecular weight excluding hydrogens is 518 g/mol. The first-order chi connectivity index (χ1) is 19.9. The first kappa shape index (κ1) is 25.0. The largest absolute Gasteiger partial charge is 0.508 e. The number of nitrogens with zero attached hydrogens (tertiary/aromatic N) is 1. The van der Waals surface area contributed by atoms with Crippen molar-refractivity contribution in [2.24, 2.45) is 11.7 Å². The van der Waals surface area contributed by atoms with Crippen LogP contribution >= 0.6 is 0 Å². The van der Waals surface area contributed by atoms with Crippen LogP contribution in [0.15, 0.2) is 109 Å². The Morgan fingerprint density at radius 2 is 1.39 bits per heavy atom. The molecule has 6 atom stereocenters. The van der Waals surface area contributed by atoms with Gasteiger partial charge in [0, 0.05) is 5.69 Å². The number of carbonyl (C=O) groups is 3. The van der Waals surface area contributed by atoms with Gasteiger partial charge in [0.25, 0.3) is 0 Å². The van der Waals surface area contributed by atoms with E-state index in [9.17, 15) is 19.5 Å². The number of esters is 1. The predicted molar refractivity (Wildman–Crippen MR) is 150 cm³/mol. The molecule has 2 amide bonds. The van der Waals surface area contributed by atoms with Gasteiger partial charge < -0.3 is 20.9 Å². The number of aromatic hydroxyl groups is 1. The number of benzene rings is 4. The Labute approximate surface area is 236 Å². The second-order valence-electron chi connectivity index (χ2n) is 10.8. The number of fused-ring (bicyclic) bond motifs is 3. The smallest absolute Gasteiger partial charge is 0.324 e. The third-order valence-electron chi connectivity index (χ3n) is 8.73. The average Bonchev–Trinajstić information content (AvgIpc) is 3.47. The zero-order valence-electron chi connectivity index (χ0n) is 21.9. The fraction of sp³-hybridized carbons (Fsp3) is 0.182. The summed E-state index contributed by atoms with van der Waals surface area (Å²) >= 11 is 0. The van der Waals surface area contributed by atoms with Crippen LogP contribution in [0.1, 0.15) is 40.4 Å². The van der Waals surface area contributed by atoms with E-state index in [1.54, 1.807) is 30.3 Å². The maximum Gasteiger partial charge on any atom is 0.324 e. The minimum Gasteiger partial charge on any atom is -0.508 e. The SMILES string of the molecule is NC(=O)[C@H]1[C@@H]2C(=O)O[C@@H](c3ccccc3)[C@@H](c3ccccc3)N2[C@@H](c2ccc(O)cc2)[C@]12C(=O)Nc1ccccc12. The molecule has 41 heavy (non-hydrogen) atoms. The van der Waals surface area contributed by atoms with Crippen LogP contribution in [0, 0.1) is 5.92 Å². The molecule has 3 aliphatic heterocycles. The van der Waals surface area contributed by atoms with Gasteiger partial charge in [0.15, 0.2) is 0 Å². The van der Waals surface area contributed by atoms with Gasteiger partial charge in [-0.15, -0.1) is 0 Å². The van der Waals surface area contributed by atoms with Gasteiger partial charge in [0.05, 0.1) is 18.0 Å². The number of cyclic esters (lactones) is 1. The van der Waals surface area contributed by atoms with Crippen LogP contribution in [0.25, 0.3) is 0 Å². The van der Waals surface area contributed by atoms with Crippen molar-refractivity contribution in [2.45, 2.75) is 29.6 Å². The normalized spacial score (nSPS) is 28.5. The third-order valence-corrected chi connectivity index (χ3v) is 8.73. The van der Waals surface area contributed by atoms with Crippen molar-refractivity contribution in [1.82, 2.24) is 4.90 Å². The highest BCUT2D eigenvalue weighted by molar-refractivity contribution is 6.11. The molecule has 4 N–H and O–H groups in total. The molecule has 8 nitrogen and oxygen atoms in total. The summed E-state index contributed by atoms with van der Waals surface area (Å²) < 4.78 is 6.20. The lowest BCUT2D eigenvalue weighted by Crippen LogP contribution is -2.53. The molecule has 3 aliphatic rings. The van der Waals surface area contributed by atoms with Crippen LogP contribution in [0.2, 0.25) is 0 Å². The van der Waals surface area contributed by atoms with Crippen molar-refractivity contribution in [1.29, 1.82) is 0 Å². The molecule has 204 valence electrons. The molecule has 0 bridgehead atoms. The molecule has 8 heteroatoms. The fourth-order valence-corrected chi connectivity index (χ4v) is 7.24. The summed E-state index contributed by atoms with van der Waals surface area (Å²) in [6.45, 7) is 0. The molecule has 7 rings (SSSR count). The maximum atomic E-state index is 14.3. The molecule has 0 aliphatic carbocycles. The lowest BCUT2D eigenvalue weighted by Gasteiger charge is -2.46. The van der Waals surface area contributed by atoms with Gasteiger partial charge in [0.2, 0.25) is 11.8 Å². The predicted octanol–water partition coefficient (Wildman–Crippen LogP) is 4.15. The molecule has 4 aromatic carbocycles. The highest BCUT2D eigenvalue weighted by Crippen LogP contribution is 2.64. The Hall–Kier alpha value is -4.95. The van der Waals surface area contributed by atoms with Gasteiger partial charge in [-0.3, -0.25) is 19.3 Å². The number of phenols is 1. The Morgan fingerprint density at radius 1 is 0.780 bits per heavy atom. The molecule has 1 spiro atoms. The molecule has 0 unspecified atom stereocenters. The molecule has 0 aromatic heterocycles. The number of nitrogens with one attached hydrogen (secondary N) is 1. The summed E-state index contributed by atoms with van der Waals surface area (Å²) in [5.74, 6) is -2.98. The van der Waals surface area contributed by atoms with E-state index in [2.05, 4.69) is 5.32 Å². The van der Waals surface area contributed by atoms with Crippen molar-refractivity contribution >= 4 is 23.5 Å². The highest BCUT2D eigenvalue weighted by atomic mass is 16.6. The summed E-state index contributed by atoms with van der Waals surface area (Å²) in [7, 11) is 0. The van der Waals surface area contributed by atoms with Crippen LogP contribution in [-0.4, -0.2) is 33.8 Å². The van der Waals surface area contributed by atoms with E-state index in [0.29, 0.717) is 16.8 Å². The maximum absolute atomic E-state index is 14.3. The summed E-state index contributed by atoms with van der Waals surface area (Å²) in [6.07, 6.45) is -0.731. The molecule has 2 fully saturated rings. The van der Waals surface area contributed by atoms with Gasteiger partial charge in [-0.1, -0.05) is 91.0 Å². The molecule has 2 saturated heterocycles. The number of rotatable bonds is 4. The lowest BCUT2D eigenvalue weighted by atomic mass is 9.65. The second kappa shape index (κ2) is 9.31. The Morgan fingerprint density at radius 3 is 2.05 bits per heavy atom. The molecular formula is C33H27N3O5. The number of amides is 2. The molecule has 4 aromatic rings. The number of ether oxygens (including phenoxy) is 1. The number of carbonyl (C=O) groups excluding carboxylic acids is 3. The van der Waals surface area contributed by atoms with Crippen LogP contribution in [-0.2, 0) is 24.5 Å². The summed E-state index contributed by atoms with van der Waals surface area (Å²) in [6, 6.07) is 30.3. The van der Waals surface area contributed by atoms with Crippen molar-refractivity contribution < 1.29 is 24.2 Å². The number of morpholine rings is 1. The summed E-state index contributed by atoms with van der Waals surface area (Å²) in [5, 5.41) is 13.1. The van der Waals surface area contributed by atoms with E-state index in [1.165, 1.54) is 0 Å². The van der Waals surface area contributed by atoms with E-state index in [-0.39, 0.29) is 5.75 Å². The van der Waals surface area contributed by atoms with Gasteiger partial charge in [-0.2, -0.15) is 0 Å². The minimum atomic E-state index is -1.54. The van der Waals surface area contributed by atoms with Crippen molar-refractivity contribution in [3.8, 4) is 5.75 Å². The van der Waals surface area contributed by atoms with E-state index in [1.807, 2.05) is 83.8 Å². The number of para-hydroxylation sites is 1. The van der Waals surface area contributed by atoms with E-state index in [4.69, 9.17) is 10.5 Å². The lowest BCUT2D eigenvalue weighted by molar-refractivity contribution is -0.178. The highest BCUT2D eigenvalue weighted by Gasteiger charge is 2.73. The number of anilines is 1. The van der Waals surface area contributed by atoms with Gasteiger partial charge in [-0.05, 0) is 40.5 Å². The monoisotopic (exact) mass is 545 g/mol. The van der Waals surface area contributed by atoms with Crippen LogP contribution in [0.5, 0.6) is 5.75 Å². The number of hydrogen-bond donors (Lipinski definition) is 3. The minimum absolute atomic E-state index is 0.0555. The topological polar surface area (TPSA) is 122 Å². The van der Waals surface area contributed by atoms with Crippen LogP contribution < -0.4 is 11.1 Å². The second-order valence-corrected chi connectivity index (χ2v) is 10.8. The van der Waals surface area contributed by atoms with Crippen LogP contribution in [0.4, 0.5) is 5.69 Å². The number of nitrogens with two attached hydrogens (primary N) is 1.